The Balaban J connectivity index is 1.40. The van der Waals surface area contributed by atoms with Crippen molar-refractivity contribution >= 4 is 33.5 Å². The second kappa shape index (κ2) is 8.16. The van der Waals surface area contributed by atoms with Crippen LogP contribution in [0.25, 0.3) is 55.7 Å². The van der Waals surface area contributed by atoms with Crippen LogP contribution in [0, 0.1) is 5.41 Å². The summed E-state index contributed by atoms with van der Waals surface area (Å²) in [6.45, 7) is 5.60. The number of fused-ring (bicyclic) bond motifs is 2. The molecule has 178 valence electrons. The number of carbonyl (C=O) groups excluding carboxylic acids is 1. The zero-order valence-electron chi connectivity index (χ0n) is 20.0. The molecule has 6 rings (SSSR count). The SMILES string of the molecule is CC(C)(C)C(=O)Nc1cncc(-c2cc3c(-c4cc5c(-c6ccoc6)ccnc5[nH]4)n[nH]c3cn2)c1. The number of H-pyrrole nitrogens is 2. The van der Waals surface area contributed by atoms with Crippen LogP contribution in [0.5, 0.6) is 0 Å². The van der Waals surface area contributed by atoms with Gasteiger partial charge in [0, 0.05) is 39.7 Å². The molecule has 0 unspecified atom stereocenters. The van der Waals surface area contributed by atoms with E-state index >= 15 is 0 Å². The van der Waals surface area contributed by atoms with Crippen LogP contribution in [0.1, 0.15) is 20.8 Å². The Kier molecular flexibility index (Phi) is 4.92. The molecule has 0 aliphatic carbocycles. The molecule has 0 atom stereocenters. The third kappa shape index (κ3) is 3.80. The number of rotatable bonds is 4. The molecule has 0 fully saturated rings. The standard InChI is InChI=1S/C27H23N7O2/c1-27(2,3)26(35)31-17-8-16(11-28-12-17)21-10-20-23(13-30-21)33-34-24(20)22-9-19-18(15-5-7-36-14-15)4-6-29-25(19)32-22/h4-14H,1-3H3,(H,29,32)(H,31,35)(H,33,34). The number of nitrogens with zero attached hydrogens (tertiary/aromatic N) is 4. The maximum atomic E-state index is 12.4. The van der Waals surface area contributed by atoms with Crippen molar-refractivity contribution in [1.82, 2.24) is 30.1 Å². The Bertz CT molecular complexity index is 1720. The van der Waals surface area contributed by atoms with Crippen molar-refractivity contribution in [2.45, 2.75) is 20.8 Å². The van der Waals surface area contributed by atoms with Crippen LogP contribution in [0.4, 0.5) is 5.69 Å². The molecule has 9 nitrogen and oxygen atoms in total. The van der Waals surface area contributed by atoms with E-state index in [0.717, 1.165) is 55.7 Å². The number of pyridine rings is 3. The van der Waals surface area contributed by atoms with Gasteiger partial charge < -0.3 is 14.7 Å². The minimum Gasteiger partial charge on any atom is -0.472 e. The lowest BCUT2D eigenvalue weighted by Crippen LogP contribution is -2.27. The van der Waals surface area contributed by atoms with Gasteiger partial charge in [-0.2, -0.15) is 5.10 Å². The van der Waals surface area contributed by atoms with Crippen LogP contribution < -0.4 is 5.32 Å². The fourth-order valence-electron chi connectivity index (χ4n) is 4.07. The summed E-state index contributed by atoms with van der Waals surface area (Å²) in [5, 5.41) is 12.4. The lowest BCUT2D eigenvalue weighted by atomic mass is 9.95. The van der Waals surface area contributed by atoms with Gasteiger partial charge in [-0.3, -0.25) is 19.9 Å². The average molecular weight is 478 g/mol. The summed E-state index contributed by atoms with van der Waals surface area (Å²) >= 11 is 0. The van der Waals surface area contributed by atoms with Gasteiger partial charge in [-0.05, 0) is 35.9 Å². The van der Waals surface area contributed by atoms with Crippen LogP contribution in [-0.2, 0) is 4.79 Å². The molecule has 1 amide bonds. The molecule has 3 N–H and O–H groups in total. The first-order valence-corrected chi connectivity index (χ1v) is 11.5. The number of amides is 1. The van der Waals surface area contributed by atoms with E-state index in [1.165, 1.54) is 0 Å². The quantitative estimate of drug-likeness (QED) is 0.294. The molecular formula is C27H23N7O2. The van der Waals surface area contributed by atoms with E-state index in [0.29, 0.717) is 5.69 Å². The number of aromatic nitrogens is 6. The minimum atomic E-state index is -0.509. The van der Waals surface area contributed by atoms with Crippen LogP contribution in [-0.4, -0.2) is 36.0 Å². The first-order valence-electron chi connectivity index (χ1n) is 11.5. The van der Waals surface area contributed by atoms with Crippen molar-refractivity contribution in [3.63, 3.8) is 0 Å². The Labute approximate surface area is 206 Å². The third-order valence-electron chi connectivity index (χ3n) is 6.04. The predicted molar refractivity (Wildman–Crippen MR) is 138 cm³/mol. The van der Waals surface area contributed by atoms with Crippen molar-refractivity contribution in [2.24, 2.45) is 5.41 Å². The fourth-order valence-corrected chi connectivity index (χ4v) is 4.07. The van der Waals surface area contributed by atoms with Gasteiger partial charge in [0.15, 0.2) is 0 Å². The highest BCUT2D eigenvalue weighted by Crippen LogP contribution is 2.34. The van der Waals surface area contributed by atoms with E-state index in [1.807, 2.05) is 51.1 Å². The van der Waals surface area contributed by atoms with Crippen molar-refractivity contribution in [2.75, 3.05) is 5.32 Å². The van der Waals surface area contributed by atoms with Crippen molar-refractivity contribution in [1.29, 1.82) is 0 Å². The Morgan fingerprint density at radius 3 is 2.69 bits per heavy atom. The van der Waals surface area contributed by atoms with E-state index in [1.54, 1.807) is 37.3 Å². The summed E-state index contributed by atoms with van der Waals surface area (Å²) < 4.78 is 5.27. The van der Waals surface area contributed by atoms with Gasteiger partial charge in [0.2, 0.25) is 5.91 Å². The van der Waals surface area contributed by atoms with Crippen LogP contribution in [0.2, 0.25) is 0 Å². The van der Waals surface area contributed by atoms with E-state index in [4.69, 9.17) is 4.42 Å². The van der Waals surface area contributed by atoms with E-state index < -0.39 is 5.41 Å². The van der Waals surface area contributed by atoms with E-state index in [2.05, 4.69) is 35.5 Å². The number of aromatic amines is 2. The first kappa shape index (κ1) is 21.7. The van der Waals surface area contributed by atoms with Crippen LogP contribution in [0.3, 0.4) is 0 Å². The van der Waals surface area contributed by atoms with E-state index in [9.17, 15) is 4.79 Å². The van der Waals surface area contributed by atoms with Gasteiger partial charge in [-0.15, -0.1) is 0 Å². The smallest absolute Gasteiger partial charge is 0.229 e. The Morgan fingerprint density at radius 2 is 1.89 bits per heavy atom. The third-order valence-corrected chi connectivity index (χ3v) is 6.04. The molecule has 36 heavy (non-hydrogen) atoms. The molecule has 0 radical (unpaired) electrons. The topological polar surface area (TPSA) is 125 Å². The Hall–Kier alpha value is -4.79. The van der Waals surface area contributed by atoms with Gasteiger partial charge in [-0.1, -0.05) is 20.8 Å². The highest BCUT2D eigenvalue weighted by molar-refractivity contribution is 6.00. The average Bonchev–Trinajstić information content (AvgIpc) is 3.62. The second-order valence-electron chi connectivity index (χ2n) is 9.67. The van der Waals surface area contributed by atoms with Crippen LogP contribution >= 0.6 is 0 Å². The summed E-state index contributed by atoms with van der Waals surface area (Å²) in [6, 6.07) is 9.78. The van der Waals surface area contributed by atoms with Gasteiger partial charge in [-0.25, -0.2) is 4.98 Å². The number of hydrogen-bond acceptors (Lipinski definition) is 6. The first-order chi connectivity index (χ1) is 17.4. The summed E-state index contributed by atoms with van der Waals surface area (Å²) in [6.07, 6.45) is 10.3. The zero-order valence-corrected chi connectivity index (χ0v) is 20.0. The number of carbonyl (C=O) groups is 1. The lowest BCUT2D eigenvalue weighted by molar-refractivity contribution is -0.123. The van der Waals surface area contributed by atoms with Crippen molar-refractivity contribution < 1.29 is 9.21 Å². The summed E-state index contributed by atoms with van der Waals surface area (Å²) in [7, 11) is 0. The largest absolute Gasteiger partial charge is 0.472 e. The number of hydrogen-bond donors (Lipinski definition) is 3. The predicted octanol–water partition coefficient (Wildman–Crippen LogP) is 5.81. The molecule has 6 heterocycles. The molecule has 0 aliphatic rings. The highest BCUT2D eigenvalue weighted by Gasteiger charge is 2.21. The monoisotopic (exact) mass is 477 g/mol. The lowest BCUT2D eigenvalue weighted by Gasteiger charge is -2.17. The van der Waals surface area contributed by atoms with Crippen LogP contribution in [0.15, 0.2) is 72.1 Å². The number of anilines is 1. The molecular weight excluding hydrogens is 454 g/mol. The van der Waals surface area contributed by atoms with Crippen molar-refractivity contribution in [3.05, 3.63) is 67.6 Å². The molecule has 0 aliphatic heterocycles. The highest BCUT2D eigenvalue weighted by atomic mass is 16.3. The van der Waals surface area contributed by atoms with Gasteiger partial charge in [0.1, 0.15) is 11.3 Å². The molecule has 0 spiro atoms. The van der Waals surface area contributed by atoms with Gasteiger partial charge in [0.05, 0.1) is 47.5 Å². The molecule has 0 bridgehead atoms. The fraction of sp³-hybridized carbons (Fsp3) is 0.148. The maximum Gasteiger partial charge on any atom is 0.229 e. The minimum absolute atomic E-state index is 0.0795. The molecule has 0 saturated carbocycles. The normalized spacial score (nSPS) is 11.9. The zero-order chi connectivity index (χ0) is 24.9. The Morgan fingerprint density at radius 1 is 1.00 bits per heavy atom. The van der Waals surface area contributed by atoms with Crippen molar-refractivity contribution in [3.8, 4) is 33.8 Å². The van der Waals surface area contributed by atoms with E-state index in [-0.39, 0.29) is 5.91 Å². The molecule has 6 aromatic rings. The molecule has 0 aromatic carbocycles. The number of nitrogens with one attached hydrogen (secondary N) is 3. The summed E-state index contributed by atoms with van der Waals surface area (Å²) in [5.74, 6) is -0.0795. The molecule has 0 saturated heterocycles. The molecule has 6 aromatic heterocycles. The second-order valence-corrected chi connectivity index (χ2v) is 9.67. The number of furan rings is 1. The van der Waals surface area contributed by atoms with Gasteiger partial charge in [0.25, 0.3) is 0 Å². The molecule has 9 heteroatoms. The van der Waals surface area contributed by atoms with Gasteiger partial charge >= 0.3 is 0 Å². The maximum absolute atomic E-state index is 12.4. The summed E-state index contributed by atoms with van der Waals surface area (Å²) in [5.41, 5.74) is 6.79. The summed E-state index contributed by atoms with van der Waals surface area (Å²) in [4.78, 5) is 29.2.